The number of aromatic nitrogens is 1. The Balaban J connectivity index is 3.20. The van der Waals surface area contributed by atoms with Crippen molar-refractivity contribution in [3.63, 3.8) is 0 Å². The summed E-state index contributed by atoms with van der Waals surface area (Å²) in [5, 5.41) is 17.3. The highest BCUT2D eigenvalue weighted by Crippen LogP contribution is 2.28. The van der Waals surface area contributed by atoms with Crippen molar-refractivity contribution in [1.29, 1.82) is 5.26 Å². The number of nitrogens with zero attached hydrogens (tertiary/aromatic N) is 2. The Hall–Kier alpha value is -2.01. The Kier molecular flexibility index (Phi) is 3.20. The molecule has 1 aromatic rings. The zero-order valence-electron chi connectivity index (χ0n) is 7.75. The molecular weight excluding hydrogens is 227 g/mol. The van der Waals surface area contributed by atoms with Gasteiger partial charge in [0.25, 0.3) is 0 Å². The van der Waals surface area contributed by atoms with Crippen LogP contribution in [-0.2, 0) is 6.61 Å². The Labute approximate surface area is 87.9 Å². The first-order valence-electron chi connectivity index (χ1n) is 3.93. The van der Waals surface area contributed by atoms with Crippen LogP contribution in [0, 0.1) is 11.3 Å². The maximum Gasteiger partial charge on any atom is 0.573 e. The second kappa shape index (κ2) is 4.24. The van der Waals surface area contributed by atoms with Crippen LogP contribution in [0.15, 0.2) is 6.07 Å². The van der Waals surface area contributed by atoms with Crippen molar-refractivity contribution in [2.75, 3.05) is 5.73 Å². The van der Waals surface area contributed by atoms with Crippen molar-refractivity contribution >= 4 is 5.69 Å². The smallest absolute Gasteiger partial charge is 0.403 e. The summed E-state index contributed by atoms with van der Waals surface area (Å²) in [6.07, 6.45) is -4.93. The number of hydrogen-bond acceptors (Lipinski definition) is 5. The molecule has 0 radical (unpaired) electrons. The summed E-state index contributed by atoms with van der Waals surface area (Å²) in [6, 6.07) is 2.21. The van der Waals surface area contributed by atoms with Crippen molar-refractivity contribution in [1.82, 2.24) is 4.98 Å². The normalized spacial score (nSPS) is 10.9. The van der Waals surface area contributed by atoms with Crippen molar-refractivity contribution in [2.24, 2.45) is 0 Å². The Morgan fingerprint density at radius 2 is 2.19 bits per heavy atom. The van der Waals surface area contributed by atoms with Gasteiger partial charge in [0, 0.05) is 6.07 Å². The van der Waals surface area contributed by atoms with Gasteiger partial charge in [-0.25, -0.2) is 4.98 Å². The summed E-state index contributed by atoms with van der Waals surface area (Å²) in [4.78, 5) is 3.43. The molecular formula is C8H6F3N3O2. The van der Waals surface area contributed by atoms with E-state index in [1.807, 2.05) is 0 Å². The highest BCUT2D eigenvalue weighted by atomic mass is 19.4. The maximum absolute atomic E-state index is 11.9. The first-order chi connectivity index (χ1) is 7.37. The van der Waals surface area contributed by atoms with Crippen molar-refractivity contribution in [3.05, 3.63) is 17.5 Å². The van der Waals surface area contributed by atoms with Gasteiger partial charge in [0.1, 0.15) is 6.07 Å². The third kappa shape index (κ3) is 2.74. The highest BCUT2D eigenvalue weighted by Gasteiger charge is 2.32. The largest absolute Gasteiger partial charge is 0.573 e. The van der Waals surface area contributed by atoms with Crippen LogP contribution >= 0.6 is 0 Å². The van der Waals surface area contributed by atoms with Crippen LogP contribution in [0.25, 0.3) is 0 Å². The summed E-state index contributed by atoms with van der Waals surface area (Å²) in [5.74, 6) is -0.787. The second-order valence-electron chi connectivity index (χ2n) is 2.69. The van der Waals surface area contributed by atoms with E-state index in [2.05, 4.69) is 9.72 Å². The van der Waals surface area contributed by atoms with Gasteiger partial charge in [-0.15, -0.1) is 13.2 Å². The number of nitriles is 1. The van der Waals surface area contributed by atoms with E-state index in [4.69, 9.17) is 16.1 Å². The number of hydrogen-bond donors (Lipinski definition) is 2. The molecule has 16 heavy (non-hydrogen) atoms. The average Bonchev–Trinajstić information content (AvgIpc) is 2.16. The quantitative estimate of drug-likeness (QED) is 0.792. The van der Waals surface area contributed by atoms with Crippen LogP contribution in [0.3, 0.4) is 0 Å². The molecule has 5 nitrogen and oxygen atoms in total. The third-order valence-electron chi connectivity index (χ3n) is 1.58. The van der Waals surface area contributed by atoms with E-state index in [9.17, 15) is 13.2 Å². The van der Waals surface area contributed by atoms with Gasteiger partial charge in [0.05, 0.1) is 18.0 Å². The number of pyridine rings is 1. The van der Waals surface area contributed by atoms with E-state index >= 15 is 0 Å². The molecule has 0 fully saturated rings. The monoisotopic (exact) mass is 233 g/mol. The molecule has 86 valence electrons. The standard InChI is InChI=1S/C8H6F3N3O2/c9-8(10,11)16-7-1-4(13)6(3-15)14-5(7)2-12/h1,15H,3,13H2. The van der Waals surface area contributed by atoms with Gasteiger partial charge in [-0.1, -0.05) is 0 Å². The lowest BCUT2D eigenvalue weighted by molar-refractivity contribution is -0.274. The minimum atomic E-state index is -4.93. The molecule has 0 amide bonds. The molecule has 0 aliphatic carbocycles. The summed E-state index contributed by atoms with van der Waals surface area (Å²) in [7, 11) is 0. The Morgan fingerprint density at radius 1 is 1.56 bits per heavy atom. The molecule has 3 N–H and O–H groups in total. The molecule has 0 aliphatic heterocycles. The van der Waals surface area contributed by atoms with Crippen LogP contribution in [0.1, 0.15) is 11.4 Å². The predicted octanol–water partition coefficient (Wildman–Crippen LogP) is 0.926. The number of nitrogen functional groups attached to an aromatic ring is 1. The molecule has 8 heteroatoms. The zero-order chi connectivity index (χ0) is 12.3. The van der Waals surface area contributed by atoms with Gasteiger partial charge in [0.2, 0.25) is 0 Å². The molecule has 0 bridgehead atoms. The lowest BCUT2D eigenvalue weighted by atomic mass is 10.2. The molecule has 0 aromatic carbocycles. The predicted molar refractivity (Wildman–Crippen MR) is 46.0 cm³/mol. The number of aliphatic hydroxyl groups excluding tert-OH is 1. The van der Waals surface area contributed by atoms with Gasteiger partial charge in [-0.3, -0.25) is 0 Å². The molecule has 0 spiro atoms. The van der Waals surface area contributed by atoms with Gasteiger partial charge in [-0.2, -0.15) is 5.26 Å². The number of aliphatic hydroxyl groups is 1. The fourth-order valence-corrected chi connectivity index (χ4v) is 0.957. The molecule has 0 saturated heterocycles. The summed E-state index contributed by atoms with van der Waals surface area (Å²) in [6.45, 7) is -0.577. The maximum atomic E-state index is 11.9. The van der Waals surface area contributed by atoms with Crippen molar-refractivity contribution < 1.29 is 23.0 Å². The molecule has 0 unspecified atom stereocenters. The number of alkyl halides is 3. The minimum Gasteiger partial charge on any atom is -0.403 e. The van der Waals surface area contributed by atoms with E-state index in [1.165, 1.54) is 6.07 Å². The molecule has 1 aromatic heterocycles. The number of rotatable bonds is 2. The van der Waals surface area contributed by atoms with Crippen molar-refractivity contribution in [3.8, 4) is 11.8 Å². The minimum absolute atomic E-state index is 0.0777. The number of ether oxygens (including phenoxy) is 1. The molecule has 0 saturated carbocycles. The molecule has 0 atom stereocenters. The summed E-state index contributed by atoms with van der Waals surface area (Å²) >= 11 is 0. The lowest BCUT2D eigenvalue weighted by Gasteiger charge is -2.11. The van der Waals surface area contributed by atoms with E-state index < -0.39 is 24.4 Å². The highest BCUT2D eigenvalue weighted by molar-refractivity contribution is 5.52. The first-order valence-corrected chi connectivity index (χ1v) is 3.93. The van der Waals surface area contributed by atoms with E-state index in [0.717, 1.165) is 6.07 Å². The first kappa shape index (κ1) is 12.1. The zero-order valence-corrected chi connectivity index (χ0v) is 7.75. The molecule has 1 heterocycles. The lowest BCUT2D eigenvalue weighted by Crippen LogP contribution is -2.18. The fraction of sp³-hybridized carbons (Fsp3) is 0.250. The van der Waals surface area contributed by atoms with Crippen molar-refractivity contribution in [2.45, 2.75) is 13.0 Å². The van der Waals surface area contributed by atoms with E-state index in [0.29, 0.717) is 0 Å². The van der Waals surface area contributed by atoms with Gasteiger partial charge >= 0.3 is 6.36 Å². The van der Waals surface area contributed by atoms with Crippen LogP contribution < -0.4 is 10.5 Å². The van der Waals surface area contributed by atoms with Gasteiger partial charge < -0.3 is 15.6 Å². The number of anilines is 1. The van der Waals surface area contributed by atoms with Crippen LogP contribution in [0.4, 0.5) is 18.9 Å². The molecule has 0 aliphatic rings. The second-order valence-corrected chi connectivity index (χ2v) is 2.69. The summed E-state index contributed by atoms with van der Waals surface area (Å²) in [5.41, 5.74) is 4.45. The van der Waals surface area contributed by atoms with Gasteiger partial charge in [-0.05, 0) is 0 Å². The fourth-order valence-electron chi connectivity index (χ4n) is 0.957. The van der Waals surface area contributed by atoms with Gasteiger partial charge in [0.15, 0.2) is 11.4 Å². The van der Waals surface area contributed by atoms with E-state index in [-0.39, 0.29) is 11.4 Å². The molecule has 1 rings (SSSR count). The SMILES string of the molecule is N#Cc1nc(CO)c(N)cc1OC(F)(F)F. The Morgan fingerprint density at radius 3 is 2.62 bits per heavy atom. The third-order valence-corrected chi connectivity index (χ3v) is 1.58. The van der Waals surface area contributed by atoms with Crippen LogP contribution in [-0.4, -0.2) is 16.5 Å². The van der Waals surface area contributed by atoms with Crippen LogP contribution in [0.5, 0.6) is 5.75 Å². The summed E-state index contributed by atoms with van der Waals surface area (Å²) < 4.78 is 39.3. The topological polar surface area (TPSA) is 92.2 Å². The van der Waals surface area contributed by atoms with E-state index in [1.54, 1.807) is 0 Å². The average molecular weight is 233 g/mol. The Bertz CT molecular complexity index is 439. The van der Waals surface area contributed by atoms with Crippen LogP contribution in [0.2, 0.25) is 0 Å². The number of halogens is 3. The number of nitrogens with two attached hydrogens (primary N) is 1.